The van der Waals surface area contributed by atoms with E-state index in [1.54, 1.807) is 0 Å². The lowest BCUT2D eigenvalue weighted by Crippen LogP contribution is -2.34. The molecule has 0 amide bonds. The lowest BCUT2D eigenvalue weighted by molar-refractivity contribution is 0.214. The van der Waals surface area contributed by atoms with Crippen LogP contribution < -0.4 is 0 Å². The normalized spacial score (nSPS) is 21.7. The fraction of sp³-hybridized carbons (Fsp3) is 0.560. The third-order valence-electron chi connectivity index (χ3n) is 6.89. The lowest BCUT2D eigenvalue weighted by atomic mass is 9.82. The van der Waals surface area contributed by atoms with E-state index in [0.29, 0.717) is 5.92 Å². The summed E-state index contributed by atoms with van der Waals surface area (Å²) in [7, 11) is 0. The number of benzene rings is 1. The largest absolute Gasteiger partial charge is 0.290 e. The van der Waals surface area contributed by atoms with Crippen LogP contribution >= 0.6 is 0 Å². The Balaban J connectivity index is 1.76. The van der Waals surface area contributed by atoms with Crippen LogP contribution in [0.25, 0.3) is 5.69 Å². The van der Waals surface area contributed by atoms with E-state index in [2.05, 4.69) is 72.1 Å². The van der Waals surface area contributed by atoms with Crippen LogP contribution in [-0.2, 0) is 0 Å². The minimum atomic E-state index is 0.156. The van der Waals surface area contributed by atoms with E-state index in [9.17, 15) is 0 Å². The first-order valence-electron chi connectivity index (χ1n) is 11.5. The van der Waals surface area contributed by atoms with Gasteiger partial charge in [0.15, 0.2) is 5.82 Å². The Morgan fingerprint density at radius 3 is 2.40 bits per heavy atom. The van der Waals surface area contributed by atoms with Crippen molar-refractivity contribution in [2.75, 3.05) is 13.1 Å². The summed E-state index contributed by atoms with van der Waals surface area (Å²) in [6.07, 6.45) is 11.0. The first-order chi connectivity index (χ1) is 14.6. The molecule has 2 unspecified atom stereocenters. The van der Waals surface area contributed by atoms with Crippen LogP contribution in [0.3, 0.4) is 0 Å². The fourth-order valence-electron chi connectivity index (χ4n) is 5.13. The van der Waals surface area contributed by atoms with Crippen LogP contribution in [-0.4, -0.2) is 38.2 Å². The number of rotatable bonds is 5. The molecule has 0 spiro atoms. The molecule has 0 radical (unpaired) electrons. The minimum Gasteiger partial charge on any atom is -0.290 e. The van der Waals surface area contributed by atoms with Crippen molar-refractivity contribution in [2.45, 2.75) is 71.8 Å². The second-order valence-corrected chi connectivity index (χ2v) is 9.14. The van der Waals surface area contributed by atoms with Crippen LogP contribution in [0, 0.1) is 19.8 Å². The Bertz CT molecular complexity index is 897. The van der Waals surface area contributed by atoms with Crippen LogP contribution in [0.1, 0.15) is 74.9 Å². The maximum absolute atomic E-state index is 4.61. The number of hydrogen-bond donors (Lipinski definition) is 0. The molecule has 1 aliphatic heterocycles. The minimum absolute atomic E-state index is 0.156. The van der Waals surface area contributed by atoms with E-state index in [4.69, 9.17) is 0 Å². The second-order valence-electron chi connectivity index (χ2n) is 9.14. The SMILES string of the molecule is C=C(C)C1CC=C(C(c2nnnn2-c2c(C)cccc2C)N2CCCCCC2)CC1. The maximum atomic E-state index is 4.61. The van der Waals surface area contributed by atoms with Gasteiger partial charge in [-0.15, -0.1) is 5.10 Å². The lowest BCUT2D eigenvalue weighted by Gasteiger charge is -2.34. The highest BCUT2D eigenvalue weighted by molar-refractivity contribution is 5.47. The number of tetrazole rings is 1. The number of aromatic nitrogens is 4. The van der Waals surface area contributed by atoms with Crippen molar-refractivity contribution in [1.29, 1.82) is 0 Å². The molecule has 0 bridgehead atoms. The number of likely N-dealkylation sites (tertiary alicyclic amines) is 1. The van der Waals surface area contributed by atoms with Crippen molar-refractivity contribution >= 4 is 0 Å². The Hall–Kier alpha value is -2.27. The highest BCUT2D eigenvalue weighted by Crippen LogP contribution is 2.38. The van der Waals surface area contributed by atoms with Gasteiger partial charge in [-0.2, -0.15) is 4.68 Å². The molecule has 30 heavy (non-hydrogen) atoms. The zero-order chi connectivity index (χ0) is 21.1. The van der Waals surface area contributed by atoms with Crippen LogP contribution in [0.4, 0.5) is 0 Å². The summed E-state index contributed by atoms with van der Waals surface area (Å²) in [6.45, 7) is 12.9. The Morgan fingerprint density at radius 2 is 1.80 bits per heavy atom. The Kier molecular flexibility index (Phi) is 6.47. The van der Waals surface area contributed by atoms with Crippen LogP contribution in [0.15, 0.2) is 42.0 Å². The molecule has 1 aliphatic carbocycles. The van der Waals surface area contributed by atoms with Crippen molar-refractivity contribution < 1.29 is 0 Å². The topological polar surface area (TPSA) is 46.8 Å². The van der Waals surface area contributed by atoms with Gasteiger partial charge in [-0.05, 0) is 99.0 Å². The van der Waals surface area contributed by atoms with Gasteiger partial charge in [-0.25, -0.2) is 0 Å². The van der Waals surface area contributed by atoms with Crippen molar-refractivity contribution in [3.8, 4) is 5.69 Å². The second kappa shape index (κ2) is 9.25. The van der Waals surface area contributed by atoms with E-state index in [0.717, 1.165) is 37.4 Å². The predicted molar refractivity (Wildman–Crippen MR) is 122 cm³/mol. The molecule has 1 aromatic carbocycles. The molecule has 5 heteroatoms. The van der Waals surface area contributed by atoms with Gasteiger partial charge in [0, 0.05) is 0 Å². The van der Waals surface area contributed by atoms with Gasteiger partial charge in [0.05, 0.1) is 11.7 Å². The van der Waals surface area contributed by atoms with Gasteiger partial charge in [0.1, 0.15) is 0 Å². The standard InChI is InChI=1S/C25H35N5/c1-18(2)21-12-14-22(15-13-21)24(29-16-7-5-6-8-17-29)25-26-27-28-30(25)23-19(3)10-9-11-20(23)4/h9-11,14,21,24H,1,5-8,12-13,15-17H2,2-4H3. The summed E-state index contributed by atoms with van der Waals surface area (Å²) in [6, 6.07) is 6.55. The fourth-order valence-corrected chi connectivity index (χ4v) is 5.13. The average molecular weight is 406 g/mol. The molecule has 1 aromatic heterocycles. The quantitative estimate of drug-likeness (QED) is 0.616. The highest BCUT2D eigenvalue weighted by atomic mass is 15.6. The van der Waals surface area contributed by atoms with E-state index in [1.807, 2.05) is 4.68 Å². The van der Waals surface area contributed by atoms with E-state index in [1.165, 1.54) is 54.4 Å². The van der Waals surface area contributed by atoms with Gasteiger partial charge in [-0.3, -0.25) is 4.90 Å². The Labute approximate surface area is 180 Å². The first-order valence-corrected chi connectivity index (χ1v) is 11.5. The molecule has 4 rings (SSSR count). The van der Waals surface area contributed by atoms with E-state index < -0.39 is 0 Å². The van der Waals surface area contributed by atoms with Crippen molar-refractivity contribution in [3.63, 3.8) is 0 Å². The Morgan fingerprint density at radius 1 is 1.10 bits per heavy atom. The van der Waals surface area contributed by atoms with E-state index >= 15 is 0 Å². The zero-order valence-corrected chi connectivity index (χ0v) is 18.8. The summed E-state index contributed by atoms with van der Waals surface area (Å²) < 4.78 is 2.01. The number of para-hydroxylation sites is 1. The average Bonchev–Trinajstić information content (AvgIpc) is 3.03. The molecular weight excluding hydrogens is 370 g/mol. The van der Waals surface area contributed by atoms with Gasteiger partial charge in [0.2, 0.25) is 0 Å². The first kappa shape index (κ1) is 21.0. The molecule has 1 saturated heterocycles. The van der Waals surface area contributed by atoms with Gasteiger partial charge in [0.25, 0.3) is 0 Å². The monoisotopic (exact) mass is 405 g/mol. The van der Waals surface area contributed by atoms with Crippen LogP contribution in [0.2, 0.25) is 0 Å². The summed E-state index contributed by atoms with van der Waals surface area (Å²) in [4.78, 5) is 2.63. The molecular formula is C25H35N5. The number of nitrogens with zero attached hydrogens (tertiary/aromatic N) is 5. The van der Waals surface area contributed by atoms with Crippen LogP contribution in [0.5, 0.6) is 0 Å². The summed E-state index contributed by atoms with van der Waals surface area (Å²) in [5.74, 6) is 1.57. The zero-order valence-electron chi connectivity index (χ0n) is 18.8. The molecule has 2 atom stereocenters. The maximum Gasteiger partial charge on any atom is 0.177 e. The molecule has 0 N–H and O–H groups in total. The molecule has 2 heterocycles. The predicted octanol–water partition coefficient (Wildman–Crippen LogP) is 5.50. The number of aryl methyl sites for hydroxylation is 2. The summed E-state index contributed by atoms with van der Waals surface area (Å²) >= 11 is 0. The van der Waals surface area contributed by atoms with Crippen molar-refractivity contribution in [3.05, 3.63) is 59.0 Å². The molecule has 160 valence electrons. The summed E-state index contributed by atoms with van der Waals surface area (Å²) in [5, 5.41) is 13.2. The molecule has 0 saturated carbocycles. The van der Waals surface area contributed by atoms with Crippen molar-refractivity contribution in [2.24, 2.45) is 5.92 Å². The van der Waals surface area contributed by atoms with E-state index in [-0.39, 0.29) is 6.04 Å². The van der Waals surface area contributed by atoms with Gasteiger partial charge < -0.3 is 0 Å². The van der Waals surface area contributed by atoms with Gasteiger partial charge >= 0.3 is 0 Å². The molecule has 2 aromatic rings. The molecule has 5 nitrogen and oxygen atoms in total. The number of hydrogen-bond acceptors (Lipinski definition) is 4. The third kappa shape index (κ3) is 4.27. The molecule has 1 fully saturated rings. The smallest absolute Gasteiger partial charge is 0.177 e. The van der Waals surface area contributed by atoms with Crippen molar-refractivity contribution in [1.82, 2.24) is 25.1 Å². The third-order valence-corrected chi connectivity index (χ3v) is 6.89. The molecule has 2 aliphatic rings. The number of allylic oxidation sites excluding steroid dienone is 2. The summed E-state index contributed by atoms with van der Waals surface area (Å²) in [5.41, 5.74) is 6.32. The highest BCUT2D eigenvalue weighted by Gasteiger charge is 2.32. The van der Waals surface area contributed by atoms with Gasteiger partial charge in [-0.1, -0.05) is 49.3 Å².